The standard InChI is InChI=1S/C23H28N2O4/c1-4-6-8-12-25-22(27)19(15-24)16(3)20(23(25)28)21(26)17-10-9-11-18(14-17)29-13-7-5-2/h9-11,14,28H,4-8,12-13H2,1-3H3. The maximum absolute atomic E-state index is 13.2. The Hall–Kier alpha value is -3.07. The number of ether oxygens (including phenoxy) is 1. The number of carbonyl (C=O) groups excluding carboxylic acids is 1. The summed E-state index contributed by atoms with van der Waals surface area (Å²) in [7, 11) is 0. The molecule has 6 nitrogen and oxygen atoms in total. The van der Waals surface area contributed by atoms with E-state index < -0.39 is 11.3 Å². The van der Waals surface area contributed by atoms with Gasteiger partial charge in [-0.2, -0.15) is 5.26 Å². The molecule has 1 heterocycles. The van der Waals surface area contributed by atoms with Crippen LogP contribution < -0.4 is 10.3 Å². The second-order valence-corrected chi connectivity index (χ2v) is 7.03. The first-order valence-electron chi connectivity index (χ1n) is 10.1. The lowest BCUT2D eigenvalue weighted by Gasteiger charge is -2.16. The third-order valence-corrected chi connectivity index (χ3v) is 4.88. The molecule has 29 heavy (non-hydrogen) atoms. The Morgan fingerprint density at radius 3 is 2.59 bits per heavy atom. The monoisotopic (exact) mass is 396 g/mol. The van der Waals surface area contributed by atoms with Crippen molar-refractivity contribution in [3.63, 3.8) is 0 Å². The fraction of sp³-hybridized carbons (Fsp3) is 0.435. The molecule has 0 aliphatic rings. The lowest BCUT2D eigenvalue weighted by molar-refractivity contribution is 0.103. The van der Waals surface area contributed by atoms with Gasteiger partial charge in [-0.1, -0.05) is 45.2 Å². The van der Waals surface area contributed by atoms with E-state index in [1.807, 2.05) is 13.0 Å². The Balaban J connectivity index is 2.49. The van der Waals surface area contributed by atoms with Crippen LogP contribution in [-0.4, -0.2) is 22.1 Å². The summed E-state index contributed by atoms with van der Waals surface area (Å²) < 4.78 is 6.80. The third kappa shape index (κ3) is 5.05. The molecule has 2 rings (SSSR count). The average Bonchev–Trinajstić information content (AvgIpc) is 2.71. The maximum atomic E-state index is 13.2. The quantitative estimate of drug-likeness (QED) is 0.476. The molecule has 0 saturated carbocycles. The molecule has 0 unspecified atom stereocenters. The van der Waals surface area contributed by atoms with Crippen LogP contribution in [0, 0.1) is 18.3 Å². The molecule has 0 amide bonds. The van der Waals surface area contributed by atoms with Crippen molar-refractivity contribution in [2.24, 2.45) is 0 Å². The van der Waals surface area contributed by atoms with Crippen LogP contribution in [0.25, 0.3) is 0 Å². The summed E-state index contributed by atoms with van der Waals surface area (Å²) in [5.74, 6) is -0.259. The van der Waals surface area contributed by atoms with Crippen molar-refractivity contribution in [2.75, 3.05) is 6.61 Å². The highest BCUT2D eigenvalue weighted by molar-refractivity contribution is 6.11. The lowest BCUT2D eigenvalue weighted by atomic mass is 9.97. The molecule has 0 aliphatic carbocycles. The van der Waals surface area contributed by atoms with E-state index in [2.05, 4.69) is 6.92 Å². The zero-order valence-corrected chi connectivity index (χ0v) is 17.3. The molecule has 2 aromatic rings. The fourth-order valence-corrected chi connectivity index (χ4v) is 3.16. The smallest absolute Gasteiger partial charge is 0.271 e. The number of benzene rings is 1. The maximum Gasteiger partial charge on any atom is 0.271 e. The normalized spacial score (nSPS) is 10.6. The van der Waals surface area contributed by atoms with E-state index in [9.17, 15) is 20.0 Å². The summed E-state index contributed by atoms with van der Waals surface area (Å²) in [4.78, 5) is 25.8. The van der Waals surface area contributed by atoms with Gasteiger partial charge in [-0.05, 0) is 37.5 Å². The first-order chi connectivity index (χ1) is 14.0. The van der Waals surface area contributed by atoms with E-state index in [4.69, 9.17) is 4.74 Å². The van der Waals surface area contributed by atoms with Gasteiger partial charge in [-0.15, -0.1) is 0 Å². The number of hydrogen-bond donors (Lipinski definition) is 1. The van der Waals surface area contributed by atoms with E-state index in [0.717, 1.165) is 30.3 Å². The molecule has 0 atom stereocenters. The van der Waals surface area contributed by atoms with Crippen LogP contribution in [0.3, 0.4) is 0 Å². The molecule has 0 spiro atoms. The van der Waals surface area contributed by atoms with E-state index >= 15 is 0 Å². The predicted octanol–water partition coefficient (Wildman–Crippen LogP) is 4.33. The van der Waals surface area contributed by atoms with Crippen LogP contribution >= 0.6 is 0 Å². The fourth-order valence-electron chi connectivity index (χ4n) is 3.16. The molecule has 0 fully saturated rings. The van der Waals surface area contributed by atoms with Crippen molar-refractivity contribution in [1.82, 2.24) is 4.57 Å². The molecule has 1 aromatic heterocycles. The summed E-state index contributed by atoms with van der Waals surface area (Å²) in [6.07, 6.45) is 4.41. The summed E-state index contributed by atoms with van der Waals surface area (Å²) in [6, 6.07) is 8.63. The number of ketones is 1. The highest BCUT2D eigenvalue weighted by atomic mass is 16.5. The Bertz CT molecular complexity index is 970. The Morgan fingerprint density at radius 1 is 1.21 bits per heavy atom. The molecule has 0 saturated heterocycles. The molecular formula is C23H28N2O4. The molecule has 154 valence electrons. The Morgan fingerprint density at radius 2 is 1.93 bits per heavy atom. The molecule has 0 aliphatic heterocycles. The number of unbranched alkanes of at least 4 members (excludes halogenated alkanes) is 3. The number of nitriles is 1. The largest absolute Gasteiger partial charge is 0.494 e. The lowest BCUT2D eigenvalue weighted by Crippen LogP contribution is -2.27. The minimum absolute atomic E-state index is 0.0108. The Labute approximate surface area is 171 Å². The van der Waals surface area contributed by atoms with Crippen molar-refractivity contribution in [3.8, 4) is 17.7 Å². The van der Waals surface area contributed by atoms with Gasteiger partial charge >= 0.3 is 0 Å². The van der Waals surface area contributed by atoms with Crippen LogP contribution in [-0.2, 0) is 6.54 Å². The number of aromatic hydroxyl groups is 1. The summed E-state index contributed by atoms with van der Waals surface area (Å²) in [5, 5.41) is 20.2. The molecular weight excluding hydrogens is 368 g/mol. The number of carbonyl (C=O) groups is 1. The summed E-state index contributed by atoms with van der Waals surface area (Å²) >= 11 is 0. The zero-order chi connectivity index (χ0) is 21.4. The van der Waals surface area contributed by atoms with Crippen molar-refractivity contribution < 1.29 is 14.6 Å². The number of pyridine rings is 1. The van der Waals surface area contributed by atoms with E-state index in [1.54, 1.807) is 24.3 Å². The van der Waals surface area contributed by atoms with Crippen LogP contribution in [0.1, 0.15) is 73.0 Å². The second-order valence-electron chi connectivity index (χ2n) is 7.03. The average molecular weight is 396 g/mol. The van der Waals surface area contributed by atoms with Crippen molar-refractivity contribution >= 4 is 5.78 Å². The van der Waals surface area contributed by atoms with Crippen LogP contribution in [0.5, 0.6) is 11.6 Å². The van der Waals surface area contributed by atoms with Gasteiger partial charge in [-0.25, -0.2) is 0 Å². The van der Waals surface area contributed by atoms with E-state index in [1.165, 1.54) is 6.92 Å². The second kappa shape index (κ2) is 10.5. The van der Waals surface area contributed by atoms with Gasteiger partial charge in [0.05, 0.1) is 12.2 Å². The van der Waals surface area contributed by atoms with E-state index in [0.29, 0.717) is 24.3 Å². The highest BCUT2D eigenvalue weighted by Crippen LogP contribution is 2.26. The molecule has 0 bridgehead atoms. The van der Waals surface area contributed by atoms with Crippen molar-refractivity contribution in [2.45, 2.75) is 59.4 Å². The van der Waals surface area contributed by atoms with Gasteiger partial charge in [0, 0.05) is 12.1 Å². The highest BCUT2D eigenvalue weighted by Gasteiger charge is 2.25. The topological polar surface area (TPSA) is 92.3 Å². The molecule has 1 N–H and O–H groups in total. The number of rotatable bonds is 10. The predicted molar refractivity (Wildman–Crippen MR) is 112 cm³/mol. The third-order valence-electron chi connectivity index (χ3n) is 4.88. The number of aromatic nitrogens is 1. The molecule has 1 aromatic carbocycles. The van der Waals surface area contributed by atoms with Crippen LogP contribution in [0.2, 0.25) is 0 Å². The zero-order valence-electron chi connectivity index (χ0n) is 17.3. The molecule has 6 heteroatoms. The van der Waals surface area contributed by atoms with Gasteiger partial charge in [-0.3, -0.25) is 14.2 Å². The van der Waals surface area contributed by atoms with Gasteiger partial charge in [0.1, 0.15) is 17.4 Å². The minimum Gasteiger partial charge on any atom is -0.494 e. The van der Waals surface area contributed by atoms with Gasteiger partial charge < -0.3 is 9.84 Å². The van der Waals surface area contributed by atoms with Crippen LogP contribution in [0.4, 0.5) is 0 Å². The number of nitrogens with zero attached hydrogens (tertiary/aromatic N) is 2. The SMILES string of the molecule is CCCCCn1c(O)c(C(=O)c2cccc(OCCCC)c2)c(C)c(C#N)c1=O. The van der Waals surface area contributed by atoms with Gasteiger partial charge in [0.25, 0.3) is 5.56 Å². The summed E-state index contributed by atoms with van der Waals surface area (Å²) in [6.45, 7) is 6.43. The minimum atomic E-state index is -0.563. The Kier molecular flexibility index (Phi) is 8.02. The van der Waals surface area contributed by atoms with E-state index in [-0.39, 0.29) is 29.1 Å². The first-order valence-corrected chi connectivity index (χ1v) is 10.1. The molecule has 0 radical (unpaired) electrons. The summed E-state index contributed by atoms with van der Waals surface area (Å²) in [5.41, 5.74) is -0.155. The van der Waals surface area contributed by atoms with Crippen LogP contribution in [0.15, 0.2) is 29.1 Å². The van der Waals surface area contributed by atoms with Crippen molar-refractivity contribution in [3.05, 3.63) is 56.9 Å². The van der Waals surface area contributed by atoms with Gasteiger partial charge in [0.15, 0.2) is 5.78 Å². The first kappa shape index (κ1) is 22.2. The van der Waals surface area contributed by atoms with Gasteiger partial charge in [0.2, 0.25) is 5.88 Å². The number of hydrogen-bond acceptors (Lipinski definition) is 5. The van der Waals surface area contributed by atoms with Crippen molar-refractivity contribution in [1.29, 1.82) is 5.26 Å².